The van der Waals surface area contributed by atoms with Crippen molar-refractivity contribution in [1.82, 2.24) is 4.90 Å². The number of likely N-dealkylation sites (N-methyl/N-ethyl adjacent to an activating group) is 1. The van der Waals surface area contributed by atoms with Crippen LogP contribution in [0.5, 0.6) is 0 Å². The Kier molecular flexibility index (Phi) is 5.36. The number of aliphatic hydroxyl groups is 1. The molecular weight excluding hydrogens is 121 g/mol. The van der Waals surface area contributed by atoms with E-state index in [1.165, 1.54) is 0 Å². The van der Waals surface area contributed by atoms with Crippen LogP contribution in [0, 0.1) is 6.13 Å². The summed E-state index contributed by atoms with van der Waals surface area (Å²) >= 11 is 0. The molecule has 0 aromatic heterocycles. The van der Waals surface area contributed by atoms with Crippen molar-refractivity contribution >= 4 is 8.04 Å². The SMILES string of the molecule is C#[P+]CN(C)CCO. The zero-order valence-corrected chi connectivity index (χ0v) is 5.93. The van der Waals surface area contributed by atoms with Crippen molar-refractivity contribution in [2.75, 3.05) is 26.5 Å². The topological polar surface area (TPSA) is 23.5 Å². The summed E-state index contributed by atoms with van der Waals surface area (Å²) in [6, 6.07) is 0. The number of hydrogen-bond donors (Lipinski definition) is 1. The summed E-state index contributed by atoms with van der Waals surface area (Å²) in [6.45, 7) is 0.927. The second-order valence-corrected chi connectivity index (χ2v) is 2.28. The molecule has 0 aliphatic carbocycles. The third-order valence-electron chi connectivity index (χ3n) is 0.805. The summed E-state index contributed by atoms with van der Waals surface area (Å²) in [6.07, 6.45) is 6.04. The molecule has 0 rings (SSSR count). The Hall–Kier alpha value is 0.130. The Morgan fingerprint density at radius 3 is 2.75 bits per heavy atom. The zero-order chi connectivity index (χ0) is 6.41. The van der Waals surface area contributed by atoms with Gasteiger partial charge in [-0.1, -0.05) is 0 Å². The summed E-state index contributed by atoms with van der Waals surface area (Å²) in [5.74, 6) is 0. The van der Waals surface area contributed by atoms with Crippen LogP contribution in [0.3, 0.4) is 0 Å². The average molecular weight is 132 g/mol. The molecule has 1 N–H and O–H groups in total. The summed E-state index contributed by atoms with van der Waals surface area (Å²) in [5, 5.41) is 8.38. The molecule has 0 spiro atoms. The summed E-state index contributed by atoms with van der Waals surface area (Å²) in [4.78, 5) is 1.97. The Bertz CT molecular complexity index is 88.9. The van der Waals surface area contributed by atoms with Gasteiger partial charge >= 0.3 is 50.7 Å². The van der Waals surface area contributed by atoms with E-state index >= 15 is 0 Å². The van der Waals surface area contributed by atoms with Gasteiger partial charge in [-0.3, -0.25) is 0 Å². The molecule has 0 unspecified atom stereocenters. The number of hydrogen-bond acceptors (Lipinski definition) is 2. The van der Waals surface area contributed by atoms with Crippen LogP contribution in [-0.2, 0) is 0 Å². The molecule has 0 radical (unpaired) electrons. The van der Waals surface area contributed by atoms with Gasteiger partial charge in [0.05, 0.1) is 0 Å². The quantitative estimate of drug-likeness (QED) is 0.562. The number of aliphatic hydroxyl groups excluding tert-OH is 1. The van der Waals surface area contributed by atoms with Crippen molar-refractivity contribution in [3.8, 4) is 6.13 Å². The van der Waals surface area contributed by atoms with E-state index in [1.54, 1.807) is 0 Å². The fourth-order valence-electron chi connectivity index (χ4n) is 0.381. The van der Waals surface area contributed by atoms with Gasteiger partial charge in [0, 0.05) is 0 Å². The molecule has 2 nitrogen and oxygen atoms in total. The van der Waals surface area contributed by atoms with Crippen LogP contribution < -0.4 is 0 Å². The van der Waals surface area contributed by atoms with E-state index in [0.717, 1.165) is 14.3 Å². The van der Waals surface area contributed by atoms with Gasteiger partial charge < -0.3 is 0 Å². The molecule has 0 aromatic carbocycles. The van der Waals surface area contributed by atoms with Gasteiger partial charge in [0.15, 0.2) is 0 Å². The second-order valence-electron chi connectivity index (χ2n) is 1.63. The molecular formula is C5H11NOP+. The van der Waals surface area contributed by atoms with Gasteiger partial charge in [-0.15, -0.1) is 0 Å². The van der Waals surface area contributed by atoms with Crippen molar-refractivity contribution in [3.63, 3.8) is 0 Å². The van der Waals surface area contributed by atoms with Crippen molar-refractivity contribution in [2.45, 2.75) is 0 Å². The number of nitrogens with zero attached hydrogens (tertiary/aromatic N) is 1. The third-order valence-corrected chi connectivity index (χ3v) is 1.45. The monoisotopic (exact) mass is 132 g/mol. The van der Waals surface area contributed by atoms with Crippen LogP contribution in [0.2, 0.25) is 0 Å². The standard InChI is InChI=1S/C5H11NOP/c1-6(3-4-7)5-8-2/h2,7H,3-5H2,1H3/q+1. The zero-order valence-electron chi connectivity index (χ0n) is 5.04. The fourth-order valence-corrected chi connectivity index (χ4v) is 0.801. The van der Waals surface area contributed by atoms with Crippen molar-refractivity contribution in [2.24, 2.45) is 0 Å². The van der Waals surface area contributed by atoms with Crippen molar-refractivity contribution in [3.05, 3.63) is 0 Å². The Morgan fingerprint density at radius 2 is 2.38 bits per heavy atom. The van der Waals surface area contributed by atoms with E-state index in [4.69, 9.17) is 11.2 Å². The predicted octanol–water partition coefficient (Wildman–Crippen LogP) is 0.403. The number of rotatable bonds is 3. The molecule has 0 saturated heterocycles. The molecule has 0 saturated carbocycles. The van der Waals surface area contributed by atoms with Crippen LogP contribution in [0.1, 0.15) is 0 Å². The van der Waals surface area contributed by atoms with Crippen LogP contribution >= 0.6 is 8.04 Å². The summed E-state index contributed by atoms with van der Waals surface area (Å²) < 4.78 is 0. The normalized spacial score (nSPS) is 9.75. The molecule has 0 aliphatic rings. The molecule has 0 heterocycles. The molecule has 0 bridgehead atoms. The summed E-state index contributed by atoms with van der Waals surface area (Å²) in [5.41, 5.74) is 0. The van der Waals surface area contributed by atoms with Crippen LogP contribution in [0.15, 0.2) is 0 Å². The molecule has 46 valence electrons. The first-order valence-electron chi connectivity index (χ1n) is 2.47. The Balaban J connectivity index is 3.08. The van der Waals surface area contributed by atoms with Crippen molar-refractivity contribution in [1.29, 1.82) is 0 Å². The van der Waals surface area contributed by atoms with Gasteiger partial charge in [0.2, 0.25) is 0 Å². The van der Waals surface area contributed by atoms with E-state index in [2.05, 4.69) is 0 Å². The Morgan fingerprint density at radius 1 is 1.75 bits per heavy atom. The van der Waals surface area contributed by atoms with Crippen LogP contribution in [-0.4, -0.2) is 36.5 Å². The molecule has 0 atom stereocenters. The van der Waals surface area contributed by atoms with Gasteiger partial charge in [-0.2, -0.15) is 0 Å². The van der Waals surface area contributed by atoms with E-state index in [-0.39, 0.29) is 6.61 Å². The first kappa shape index (κ1) is 8.13. The molecule has 0 fully saturated rings. The fraction of sp³-hybridized carbons (Fsp3) is 0.800. The predicted molar refractivity (Wildman–Crippen MR) is 36.4 cm³/mol. The Labute approximate surface area is 51.6 Å². The van der Waals surface area contributed by atoms with Crippen LogP contribution in [0.4, 0.5) is 0 Å². The van der Waals surface area contributed by atoms with E-state index in [9.17, 15) is 0 Å². The third kappa shape index (κ3) is 4.29. The first-order chi connectivity index (χ1) is 3.81. The molecule has 3 heteroatoms. The summed E-state index contributed by atoms with van der Waals surface area (Å²) in [7, 11) is 2.79. The molecule has 0 aliphatic heterocycles. The second kappa shape index (κ2) is 5.27. The van der Waals surface area contributed by atoms with Crippen LogP contribution in [0.25, 0.3) is 0 Å². The minimum absolute atomic E-state index is 0.214. The van der Waals surface area contributed by atoms with E-state index < -0.39 is 0 Å². The van der Waals surface area contributed by atoms with Gasteiger partial charge in [-0.25, -0.2) is 0 Å². The van der Waals surface area contributed by atoms with Gasteiger partial charge in [-0.05, 0) is 0 Å². The van der Waals surface area contributed by atoms with Gasteiger partial charge in [0.25, 0.3) is 0 Å². The van der Waals surface area contributed by atoms with Crippen molar-refractivity contribution < 1.29 is 5.11 Å². The molecule has 0 aromatic rings. The average Bonchev–Trinajstić information content (AvgIpc) is 1.68. The first-order valence-corrected chi connectivity index (χ1v) is 3.62. The maximum atomic E-state index is 8.38. The van der Waals surface area contributed by atoms with Gasteiger partial charge in [0.1, 0.15) is 0 Å². The van der Waals surface area contributed by atoms with E-state index in [0.29, 0.717) is 6.54 Å². The van der Waals surface area contributed by atoms with E-state index in [1.807, 2.05) is 11.9 Å². The molecule has 0 amide bonds. The maximum absolute atomic E-state index is 8.38. The minimum atomic E-state index is 0.214. The molecule has 8 heavy (non-hydrogen) atoms.